The third-order valence-electron chi connectivity index (χ3n) is 18.7. The van der Waals surface area contributed by atoms with Gasteiger partial charge < -0.3 is 0 Å². The lowest BCUT2D eigenvalue weighted by molar-refractivity contribution is -0.292. The van der Waals surface area contributed by atoms with Crippen molar-refractivity contribution in [2.45, 2.75) is 144 Å². The van der Waals surface area contributed by atoms with Gasteiger partial charge in [-0.2, -0.15) is 0 Å². The molecule has 0 N–H and O–H groups in total. The highest BCUT2D eigenvalue weighted by molar-refractivity contribution is 5.43. The minimum Gasteiger partial charge on any atom is -0.0770 e. The van der Waals surface area contributed by atoms with Gasteiger partial charge in [-0.25, -0.2) is 0 Å². The van der Waals surface area contributed by atoms with Crippen molar-refractivity contribution in [3.05, 3.63) is 146 Å². The van der Waals surface area contributed by atoms with E-state index in [4.69, 9.17) is 0 Å². The fourth-order valence-corrected chi connectivity index (χ4v) is 17.1. The topological polar surface area (TPSA) is 0 Å². The Labute approximate surface area is 356 Å². The fourth-order valence-electron chi connectivity index (χ4n) is 17.1. The van der Waals surface area contributed by atoms with Gasteiger partial charge in [0.2, 0.25) is 0 Å². The van der Waals surface area contributed by atoms with Crippen LogP contribution in [0.2, 0.25) is 0 Å². The summed E-state index contributed by atoms with van der Waals surface area (Å²) in [5, 5.41) is 0. The molecule has 0 nitrogen and oxygen atoms in total. The van der Waals surface area contributed by atoms with Crippen molar-refractivity contribution in [1.82, 2.24) is 0 Å². The van der Waals surface area contributed by atoms with E-state index in [1.54, 1.807) is 0 Å². The zero-order valence-corrected chi connectivity index (χ0v) is 37.6. The first-order valence-electron chi connectivity index (χ1n) is 24.6. The molecule has 0 aromatic rings. The minimum absolute atomic E-state index is 0.0433. The fraction of sp³-hybridized carbons (Fsp3) is 0.586. The molecule has 6 atom stereocenters. The van der Waals surface area contributed by atoms with Crippen LogP contribution in [-0.2, 0) is 0 Å². The number of allylic oxidation sites excluding steroid dienone is 24. The van der Waals surface area contributed by atoms with Crippen LogP contribution in [0.4, 0.5) is 0 Å². The number of hydrogen-bond acceptors (Lipinski definition) is 0. The Bertz CT molecular complexity index is 1580. The monoisotopic (exact) mass is 777 g/mol. The first-order valence-corrected chi connectivity index (χ1v) is 24.6. The van der Waals surface area contributed by atoms with Gasteiger partial charge in [-0.1, -0.05) is 239 Å². The molecule has 0 aliphatic heterocycles. The second-order valence-electron chi connectivity index (χ2n) is 19.4. The predicted molar refractivity (Wildman–Crippen MR) is 253 cm³/mol. The van der Waals surface area contributed by atoms with E-state index in [0.717, 1.165) is 25.7 Å². The molecule has 0 radical (unpaired) electrons. The zero-order valence-electron chi connectivity index (χ0n) is 37.6. The summed E-state index contributed by atoms with van der Waals surface area (Å²) in [6, 6.07) is 0. The van der Waals surface area contributed by atoms with E-state index in [1.807, 2.05) is 0 Å². The van der Waals surface area contributed by atoms with Crippen LogP contribution >= 0.6 is 0 Å². The second-order valence-corrected chi connectivity index (χ2v) is 19.4. The van der Waals surface area contributed by atoms with Crippen molar-refractivity contribution in [3.8, 4) is 0 Å². The van der Waals surface area contributed by atoms with E-state index in [9.17, 15) is 0 Å². The maximum absolute atomic E-state index is 2.71. The lowest BCUT2D eigenvalue weighted by Crippen LogP contribution is -2.74. The Hall–Kier alpha value is -3.12. The summed E-state index contributed by atoms with van der Waals surface area (Å²) in [4.78, 5) is 0. The standard InChI is InChI=1S/C58H80/c1-7-53(47-33-19-20-34-47)45-31-17-15-13-14-16-18-32-46-54(8-2,48-35-21-22-36-48)56(10-4,50-39-25-26-40-50)58(12-6,52-43-29-30-44-52)57(11-5,51-41-27-28-42-51)55(53,9-3)49-37-23-24-38-49/h19-30,33-44,47-52H,7-18,31-32,45-46H2,1-6H3. The van der Waals surface area contributed by atoms with E-state index >= 15 is 0 Å². The average molecular weight is 777 g/mol. The van der Waals surface area contributed by atoms with Gasteiger partial charge >= 0.3 is 0 Å². The highest BCUT2D eigenvalue weighted by Gasteiger charge is 2.79. The van der Waals surface area contributed by atoms with Gasteiger partial charge in [0.1, 0.15) is 0 Å². The molecular formula is C58H80. The van der Waals surface area contributed by atoms with Crippen LogP contribution in [0.15, 0.2) is 146 Å². The molecule has 7 rings (SSSR count). The Morgan fingerprint density at radius 1 is 0.259 bits per heavy atom. The molecule has 0 aromatic heterocycles. The first kappa shape index (κ1) is 43.0. The van der Waals surface area contributed by atoms with E-state index in [0.29, 0.717) is 35.5 Å². The predicted octanol–water partition coefficient (Wildman–Crippen LogP) is 16.7. The lowest BCUT2D eigenvalue weighted by Gasteiger charge is -2.79. The van der Waals surface area contributed by atoms with Crippen LogP contribution in [-0.4, -0.2) is 0 Å². The maximum atomic E-state index is 2.71. The summed E-state index contributed by atoms with van der Waals surface area (Å²) < 4.78 is 0. The molecule has 0 heteroatoms. The highest BCUT2D eigenvalue weighted by Crippen LogP contribution is 2.84. The summed E-state index contributed by atoms with van der Waals surface area (Å²) in [6.45, 7) is 15.9. The third-order valence-corrected chi connectivity index (χ3v) is 18.7. The van der Waals surface area contributed by atoms with Crippen LogP contribution < -0.4 is 0 Å². The van der Waals surface area contributed by atoms with E-state index in [1.165, 1.54) is 77.0 Å². The van der Waals surface area contributed by atoms with Crippen LogP contribution in [0.3, 0.4) is 0 Å². The largest absolute Gasteiger partial charge is 0.0770 e. The van der Waals surface area contributed by atoms with Crippen LogP contribution in [0, 0.1) is 68.0 Å². The Morgan fingerprint density at radius 3 is 0.690 bits per heavy atom. The van der Waals surface area contributed by atoms with Crippen LogP contribution in [0.5, 0.6) is 0 Å². The number of hydrogen-bond donors (Lipinski definition) is 0. The minimum atomic E-state index is -0.134. The molecule has 1 saturated carbocycles. The van der Waals surface area contributed by atoms with Gasteiger partial charge in [0.25, 0.3) is 0 Å². The number of rotatable bonds is 12. The summed E-state index contributed by atoms with van der Waals surface area (Å²) >= 11 is 0. The summed E-state index contributed by atoms with van der Waals surface area (Å²) in [5.74, 6) is 2.11. The lowest BCUT2D eigenvalue weighted by atomic mass is 9.24. The van der Waals surface area contributed by atoms with Gasteiger partial charge in [-0.05, 0) is 83.9 Å². The molecule has 312 valence electrons. The Kier molecular flexibility index (Phi) is 13.5. The van der Waals surface area contributed by atoms with Crippen molar-refractivity contribution in [1.29, 1.82) is 0 Å². The summed E-state index contributed by atoms with van der Waals surface area (Å²) in [5.41, 5.74) is -0.339. The van der Waals surface area contributed by atoms with Gasteiger partial charge in [0.15, 0.2) is 0 Å². The molecule has 0 heterocycles. The van der Waals surface area contributed by atoms with Gasteiger partial charge in [0.05, 0.1) is 0 Å². The van der Waals surface area contributed by atoms with Crippen LogP contribution in [0.25, 0.3) is 0 Å². The first-order chi connectivity index (χ1) is 28.5. The second kappa shape index (κ2) is 18.2. The average Bonchev–Trinajstić information content (AvgIpc) is 4.12. The van der Waals surface area contributed by atoms with Crippen molar-refractivity contribution >= 4 is 0 Å². The van der Waals surface area contributed by atoms with Crippen molar-refractivity contribution in [2.75, 3.05) is 0 Å². The van der Waals surface area contributed by atoms with Crippen molar-refractivity contribution in [3.63, 3.8) is 0 Å². The van der Waals surface area contributed by atoms with Crippen LogP contribution in [0.1, 0.15) is 144 Å². The molecule has 0 amide bonds. The van der Waals surface area contributed by atoms with E-state index in [-0.39, 0.29) is 32.5 Å². The summed E-state index contributed by atoms with van der Waals surface area (Å²) in [6.07, 6.45) is 81.8. The molecule has 0 spiro atoms. The smallest absolute Gasteiger partial charge is 0.00209 e. The Morgan fingerprint density at radius 2 is 0.466 bits per heavy atom. The molecule has 1 fully saturated rings. The zero-order chi connectivity index (χ0) is 40.7. The molecule has 7 aliphatic carbocycles. The van der Waals surface area contributed by atoms with E-state index < -0.39 is 0 Å². The molecule has 58 heavy (non-hydrogen) atoms. The highest BCUT2D eigenvalue weighted by atomic mass is 14.8. The van der Waals surface area contributed by atoms with Crippen molar-refractivity contribution < 1.29 is 0 Å². The van der Waals surface area contributed by atoms with E-state index in [2.05, 4.69) is 187 Å². The molecular weight excluding hydrogens is 697 g/mol. The van der Waals surface area contributed by atoms with Crippen molar-refractivity contribution in [2.24, 2.45) is 68.0 Å². The molecule has 0 saturated heterocycles. The SMILES string of the molecule is CCC1(C2C=CC=C2)CCCCCCCCCCC(CC)(C2C=CC=C2)C(CC)(C2C=CC=C2)C(CC)(C2C=CC=C2)C(CC)(C2C=CC=C2)C1(CC)C1C=CC=C1. The van der Waals surface area contributed by atoms with Gasteiger partial charge in [0, 0.05) is 35.5 Å². The summed E-state index contributed by atoms with van der Waals surface area (Å²) in [7, 11) is 0. The van der Waals surface area contributed by atoms with Gasteiger partial charge in [-0.3, -0.25) is 0 Å². The normalized spacial score (nSPS) is 37.8. The molecule has 6 unspecified atom stereocenters. The molecule has 0 bridgehead atoms. The molecule has 0 aromatic carbocycles. The Balaban J connectivity index is 1.73. The van der Waals surface area contributed by atoms with Gasteiger partial charge in [-0.15, -0.1) is 0 Å². The third kappa shape index (κ3) is 6.09. The quantitative estimate of drug-likeness (QED) is 0.185. The maximum Gasteiger partial charge on any atom is 0.00209 e. The molecule has 7 aliphatic rings.